The van der Waals surface area contributed by atoms with Gasteiger partial charge in [0.05, 0.1) is 7.11 Å². The number of carbonyl (C=O) groups is 1. The van der Waals surface area contributed by atoms with E-state index in [0.717, 1.165) is 0 Å². The van der Waals surface area contributed by atoms with Crippen molar-refractivity contribution in [3.63, 3.8) is 0 Å². The Kier molecular flexibility index (Phi) is 3.63. The summed E-state index contributed by atoms with van der Waals surface area (Å²) in [6.45, 7) is 3.43. The van der Waals surface area contributed by atoms with E-state index < -0.39 is 17.4 Å². The Hall–Kier alpha value is -1.75. The number of ether oxygens (including phenoxy) is 1. The standard InChI is InChI=1S/C12H17NO4/c1-12(2,10(13)11(15)16)7-4-5-9(17-3)8(14)6-7/h4-6,10,14H,13H2,1-3H3,(H,15,16). The molecule has 0 spiro atoms. The van der Waals surface area contributed by atoms with Gasteiger partial charge >= 0.3 is 5.97 Å². The molecule has 5 heteroatoms. The van der Waals surface area contributed by atoms with Crippen molar-refractivity contribution in [3.05, 3.63) is 23.8 Å². The molecule has 5 nitrogen and oxygen atoms in total. The maximum Gasteiger partial charge on any atom is 0.321 e. The van der Waals surface area contributed by atoms with Gasteiger partial charge in [-0.1, -0.05) is 19.9 Å². The molecule has 0 aromatic heterocycles. The van der Waals surface area contributed by atoms with E-state index >= 15 is 0 Å². The number of benzene rings is 1. The smallest absolute Gasteiger partial charge is 0.321 e. The molecule has 94 valence electrons. The predicted molar refractivity (Wildman–Crippen MR) is 63.3 cm³/mol. The molecular weight excluding hydrogens is 222 g/mol. The van der Waals surface area contributed by atoms with Crippen LogP contribution in [0.5, 0.6) is 11.5 Å². The number of hydrogen-bond donors (Lipinski definition) is 3. The average molecular weight is 239 g/mol. The van der Waals surface area contributed by atoms with Crippen LogP contribution < -0.4 is 10.5 Å². The Morgan fingerprint density at radius 1 is 1.47 bits per heavy atom. The van der Waals surface area contributed by atoms with Gasteiger partial charge in [-0.25, -0.2) is 0 Å². The molecule has 1 aromatic carbocycles. The summed E-state index contributed by atoms with van der Waals surface area (Å²) in [6.07, 6.45) is 0. The van der Waals surface area contributed by atoms with Crippen molar-refractivity contribution in [2.45, 2.75) is 25.3 Å². The van der Waals surface area contributed by atoms with Gasteiger partial charge in [-0.2, -0.15) is 0 Å². The molecule has 1 rings (SSSR count). The minimum atomic E-state index is -1.08. The molecule has 0 radical (unpaired) electrons. The highest BCUT2D eigenvalue weighted by atomic mass is 16.5. The van der Waals surface area contributed by atoms with E-state index in [-0.39, 0.29) is 5.75 Å². The monoisotopic (exact) mass is 239 g/mol. The van der Waals surface area contributed by atoms with Gasteiger partial charge in [-0.3, -0.25) is 4.79 Å². The van der Waals surface area contributed by atoms with Crippen LogP contribution in [-0.4, -0.2) is 29.3 Å². The van der Waals surface area contributed by atoms with Crippen LogP contribution in [0.2, 0.25) is 0 Å². The summed E-state index contributed by atoms with van der Waals surface area (Å²) in [5.41, 5.74) is 5.50. The van der Waals surface area contributed by atoms with E-state index in [1.807, 2.05) is 0 Å². The van der Waals surface area contributed by atoms with Crippen LogP contribution in [0.3, 0.4) is 0 Å². The van der Waals surface area contributed by atoms with Gasteiger partial charge in [-0.15, -0.1) is 0 Å². The lowest BCUT2D eigenvalue weighted by molar-refractivity contribution is -0.140. The highest BCUT2D eigenvalue weighted by Gasteiger charge is 2.34. The normalized spacial score (nSPS) is 13.2. The number of phenols is 1. The molecule has 0 heterocycles. The average Bonchev–Trinajstić information content (AvgIpc) is 2.27. The van der Waals surface area contributed by atoms with Crippen molar-refractivity contribution < 1.29 is 19.7 Å². The van der Waals surface area contributed by atoms with Crippen LogP contribution in [0.4, 0.5) is 0 Å². The number of nitrogens with two attached hydrogens (primary N) is 1. The first-order valence-electron chi connectivity index (χ1n) is 5.16. The highest BCUT2D eigenvalue weighted by Crippen LogP contribution is 2.33. The maximum atomic E-state index is 10.9. The summed E-state index contributed by atoms with van der Waals surface area (Å²) in [7, 11) is 1.45. The summed E-state index contributed by atoms with van der Waals surface area (Å²) < 4.78 is 4.92. The lowest BCUT2D eigenvalue weighted by Crippen LogP contribution is -2.46. The van der Waals surface area contributed by atoms with E-state index in [2.05, 4.69) is 0 Å². The van der Waals surface area contributed by atoms with Crippen molar-refractivity contribution in [1.82, 2.24) is 0 Å². The topological polar surface area (TPSA) is 92.8 Å². The number of rotatable bonds is 4. The summed E-state index contributed by atoms with van der Waals surface area (Å²) in [5, 5.41) is 18.6. The molecule has 0 amide bonds. The van der Waals surface area contributed by atoms with Crippen molar-refractivity contribution in [2.75, 3.05) is 7.11 Å². The van der Waals surface area contributed by atoms with E-state index in [9.17, 15) is 9.90 Å². The SMILES string of the molecule is COc1ccc(C(C)(C)C(N)C(=O)O)cc1O. The zero-order chi connectivity index (χ0) is 13.2. The fraction of sp³-hybridized carbons (Fsp3) is 0.417. The number of carboxylic acids is 1. The zero-order valence-electron chi connectivity index (χ0n) is 10.1. The number of aliphatic carboxylic acids is 1. The minimum absolute atomic E-state index is 0.0318. The van der Waals surface area contributed by atoms with Crippen molar-refractivity contribution >= 4 is 5.97 Å². The quantitative estimate of drug-likeness (QED) is 0.731. The maximum absolute atomic E-state index is 10.9. The van der Waals surface area contributed by atoms with Crippen LogP contribution in [0.15, 0.2) is 18.2 Å². The number of aromatic hydroxyl groups is 1. The van der Waals surface area contributed by atoms with E-state index in [4.69, 9.17) is 15.6 Å². The molecule has 0 aliphatic rings. The molecule has 1 atom stereocenters. The third-order valence-electron chi connectivity index (χ3n) is 2.97. The van der Waals surface area contributed by atoms with Gasteiger partial charge < -0.3 is 20.7 Å². The molecule has 1 aromatic rings. The van der Waals surface area contributed by atoms with Gasteiger partial charge in [0.15, 0.2) is 11.5 Å². The molecule has 0 saturated heterocycles. The first kappa shape index (κ1) is 13.3. The lowest BCUT2D eigenvalue weighted by Gasteiger charge is -2.29. The summed E-state index contributed by atoms with van der Waals surface area (Å²) in [4.78, 5) is 10.9. The molecule has 0 fully saturated rings. The first-order valence-corrected chi connectivity index (χ1v) is 5.16. The summed E-state index contributed by atoms with van der Waals surface area (Å²) in [6, 6.07) is 3.71. The van der Waals surface area contributed by atoms with Gasteiger partial charge in [0.1, 0.15) is 6.04 Å². The van der Waals surface area contributed by atoms with Crippen LogP contribution in [0.25, 0.3) is 0 Å². The van der Waals surface area contributed by atoms with Gasteiger partial charge in [0.2, 0.25) is 0 Å². The van der Waals surface area contributed by atoms with Gasteiger partial charge in [0.25, 0.3) is 0 Å². The van der Waals surface area contributed by atoms with Crippen LogP contribution in [0.1, 0.15) is 19.4 Å². The molecule has 0 aliphatic heterocycles. The predicted octanol–water partition coefficient (Wildman–Crippen LogP) is 1.09. The third kappa shape index (κ3) is 2.50. The second-order valence-electron chi connectivity index (χ2n) is 4.42. The lowest BCUT2D eigenvalue weighted by atomic mass is 9.78. The highest BCUT2D eigenvalue weighted by molar-refractivity contribution is 5.75. The summed E-state index contributed by atoms with van der Waals surface area (Å²) in [5.74, 6) is -0.769. The number of methoxy groups -OCH3 is 1. The first-order chi connectivity index (χ1) is 7.80. The zero-order valence-corrected chi connectivity index (χ0v) is 10.1. The fourth-order valence-electron chi connectivity index (χ4n) is 1.58. The number of hydrogen-bond acceptors (Lipinski definition) is 4. The Bertz CT molecular complexity index is 429. The van der Waals surface area contributed by atoms with Crippen molar-refractivity contribution in [2.24, 2.45) is 5.73 Å². The van der Waals surface area contributed by atoms with Crippen molar-refractivity contribution in [3.8, 4) is 11.5 Å². The molecule has 4 N–H and O–H groups in total. The fourth-order valence-corrected chi connectivity index (χ4v) is 1.58. The molecule has 0 aliphatic carbocycles. The van der Waals surface area contributed by atoms with E-state index in [0.29, 0.717) is 11.3 Å². The van der Waals surface area contributed by atoms with Crippen LogP contribution >= 0.6 is 0 Å². The number of carboxylic acid groups (broad SMARTS) is 1. The number of phenolic OH excluding ortho intramolecular Hbond substituents is 1. The van der Waals surface area contributed by atoms with Crippen molar-refractivity contribution in [1.29, 1.82) is 0 Å². The van der Waals surface area contributed by atoms with E-state index in [1.54, 1.807) is 26.0 Å². The third-order valence-corrected chi connectivity index (χ3v) is 2.97. The minimum Gasteiger partial charge on any atom is -0.504 e. The Labute approximate surface area is 99.8 Å². The Morgan fingerprint density at radius 2 is 2.06 bits per heavy atom. The summed E-state index contributed by atoms with van der Waals surface area (Å²) >= 11 is 0. The molecule has 0 saturated carbocycles. The molecular formula is C12H17NO4. The Morgan fingerprint density at radius 3 is 2.47 bits per heavy atom. The second-order valence-corrected chi connectivity index (χ2v) is 4.42. The van der Waals surface area contributed by atoms with Crippen LogP contribution in [-0.2, 0) is 10.2 Å². The molecule has 17 heavy (non-hydrogen) atoms. The Balaban J connectivity index is 3.15. The van der Waals surface area contributed by atoms with Crippen LogP contribution in [0, 0.1) is 0 Å². The molecule has 1 unspecified atom stereocenters. The second kappa shape index (κ2) is 4.63. The molecule has 0 bridgehead atoms. The van der Waals surface area contributed by atoms with Gasteiger partial charge in [0, 0.05) is 5.41 Å². The largest absolute Gasteiger partial charge is 0.504 e. The van der Waals surface area contributed by atoms with E-state index in [1.165, 1.54) is 13.2 Å². The van der Waals surface area contributed by atoms with Gasteiger partial charge in [-0.05, 0) is 17.7 Å².